The molecule has 3 atom stereocenters. The number of hydrogen-bond donors (Lipinski definition) is 2. The van der Waals surface area contributed by atoms with Crippen LogP contribution in [0.2, 0.25) is 0 Å². The minimum Gasteiger partial charge on any atom is -0.355 e. The van der Waals surface area contributed by atoms with Gasteiger partial charge in [0.25, 0.3) is 5.69 Å². The molecule has 0 heterocycles. The van der Waals surface area contributed by atoms with Gasteiger partial charge in [-0.25, -0.2) is 0 Å². The molecular weight excluding hydrogens is 398 g/mol. The number of hydrogen-bond acceptors (Lipinski definition) is 6. The van der Waals surface area contributed by atoms with Gasteiger partial charge < -0.3 is 10.3 Å². The molecule has 27 heavy (non-hydrogen) atoms. The van der Waals surface area contributed by atoms with Crippen LogP contribution in [0, 0.1) is 10.1 Å². The van der Waals surface area contributed by atoms with Crippen molar-refractivity contribution in [3.05, 3.63) is 34.4 Å². The lowest BCUT2D eigenvalue weighted by Crippen LogP contribution is -2.32. The summed E-state index contributed by atoms with van der Waals surface area (Å²) in [6.45, 7) is 6.34. The van der Waals surface area contributed by atoms with Crippen LogP contribution >= 0.6 is 28.2 Å². The number of rotatable bonds is 16. The van der Waals surface area contributed by atoms with Crippen molar-refractivity contribution in [2.75, 3.05) is 39.3 Å². The molecule has 1 aromatic rings. The molecule has 1 rings (SSSR count). The van der Waals surface area contributed by atoms with Crippen LogP contribution in [0.15, 0.2) is 24.3 Å². The third kappa shape index (κ3) is 12.8. The molecule has 0 saturated carbocycles. The SMILES string of the molecule is O=[N+]([O-])c1ccc(BNCCCN(P)CCCCN(P)CCCNP)cc1. The van der Waals surface area contributed by atoms with E-state index >= 15 is 0 Å². The number of nitro groups is 1. The molecule has 7 nitrogen and oxygen atoms in total. The maximum Gasteiger partial charge on any atom is 0.269 e. The van der Waals surface area contributed by atoms with Gasteiger partial charge in [-0.3, -0.25) is 19.5 Å². The van der Waals surface area contributed by atoms with Crippen LogP contribution in [0.5, 0.6) is 0 Å². The summed E-state index contributed by atoms with van der Waals surface area (Å²) in [5.41, 5.74) is 1.21. The van der Waals surface area contributed by atoms with E-state index in [-0.39, 0.29) is 10.6 Å². The standard InChI is InChI=1S/C16H33BN5O2P3/c23-22(24)16-7-5-15(6-8-16)17-18-9-3-13-20(26)11-1-2-12-21(27)14-4-10-19-25/h5-8,17-19H,1-4,9-14,25-27H2. The van der Waals surface area contributed by atoms with Gasteiger partial charge in [0.1, 0.15) is 0 Å². The van der Waals surface area contributed by atoms with E-state index in [1.165, 1.54) is 12.8 Å². The van der Waals surface area contributed by atoms with E-state index < -0.39 is 0 Å². The van der Waals surface area contributed by atoms with Gasteiger partial charge in [-0.15, -0.1) is 0 Å². The second kappa shape index (κ2) is 15.7. The highest BCUT2D eigenvalue weighted by Crippen LogP contribution is 2.07. The Balaban J connectivity index is 1.99. The molecule has 11 heteroatoms. The summed E-state index contributed by atoms with van der Waals surface area (Å²) in [4.78, 5) is 10.3. The largest absolute Gasteiger partial charge is 0.355 e. The minimum absolute atomic E-state index is 0.138. The first-order chi connectivity index (χ1) is 13.0. The zero-order valence-corrected chi connectivity index (χ0v) is 19.4. The average Bonchev–Trinajstić information content (AvgIpc) is 2.65. The molecule has 0 aliphatic rings. The van der Waals surface area contributed by atoms with Gasteiger partial charge in [0.05, 0.1) is 4.92 Å². The van der Waals surface area contributed by atoms with E-state index in [9.17, 15) is 10.1 Å². The second-order valence-electron chi connectivity index (χ2n) is 6.54. The van der Waals surface area contributed by atoms with Gasteiger partial charge >= 0.3 is 0 Å². The number of unbranched alkanes of at least 4 members (excludes halogenated alkanes) is 1. The molecule has 0 amide bonds. The van der Waals surface area contributed by atoms with Crippen LogP contribution in [0.25, 0.3) is 0 Å². The summed E-state index contributed by atoms with van der Waals surface area (Å²) in [6.07, 6.45) is 4.65. The molecule has 0 bridgehead atoms. The second-order valence-corrected chi connectivity index (χ2v) is 8.41. The third-order valence-electron chi connectivity index (χ3n) is 4.18. The van der Waals surface area contributed by atoms with E-state index in [4.69, 9.17) is 0 Å². The van der Waals surface area contributed by atoms with Crippen molar-refractivity contribution in [1.29, 1.82) is 0 Å². The molecule has 0 saturated heterocycles. The quantitative estimate of drug-likeness (QED) is 0.135. The lowest BCUT2D eigenvalue weighted by molar-refractivity contribution is -0.384. The summed E-state index contributed by atoms with van der Waals surface area (Å²) >= 11 is 0. The highest BCUT2D eigenvalue weighted by atomic mass is 31.0. The normalized spacial score (nSPS) is 11.3. The van der Waals surface area contributed by atoms with Gasteiger partial charge in [0.2, 0.25) is 7.41 Å². The zero-order chi connectivity index (χ0) is 19.9. The fourth-order valence-electron chi connectivity index (χ4n) is 2.61. The predicted molar refractivity (Wildman–Crippen MR) is 127 cm³/mol. The summed E-state index contributed by atoms with van der Waals surface area (Å²) in [7, 11) is 8.92. The van der Waals surface area contributed by atoms with E-state index in [2.05, 4.69) is 47.8 Å². The van der Waals surface area contributed by atoms with Gasteiger partial charge in [0.15, 0.2) is 0 Å². The maximum absolute atomic E-state index is 10.6. The van der Waals surface area contributed by atoms with Crippen molar-refractivity contribution in [1.82, 2.24) is 19.7 Å². The fourth-order valence-corrected chi connectivity index (χ4v) is 3.55. The Kier molecular flexibility index (Phi) is 14.5. The molecule has 0 spiro atoms. The Morgan fingerprint density at radius 1 is 0.926 bits per heavy atom. The Morgan fingerprint density at radius 3 is 1.96 bits per heavy atom. The van der Waals surface area contributed by atoms with Gasteiger partial charge in [-0.1, -0.05) is 45.8 Å². The Bertz CT molecular complexity index is 527. The van der Waals surface area contributed by atoms with E-state index in [0.29, 0.717) is 0 Å². The number of nitrogens with one attached hydrogen (secondary N) is 2. The van der Waals surface area contributed by atoms with E-state index in [0.717, 1.165) is 65.0 Å². The van der Waals surface area contributed by atoms with Crippen molar-refractivity contribution in [2.45, 2.75) is 25.7 Å². The highest BCUT2D eigenvalue weighted by molar-refractivity contribution is 7.13. The van der Waals surface area contributed by atoms with Crippen molar-refractivity contribution in [2.24, 2.45) is 0 Å². The third-order valence-corrected chi connectivity index (χ3v) is 5.50. The molecular formula is C16H33BN5O2P3. The summed E-state index contributed by atoms with van der Waals surface area (Å²) in [5, 5.41) is 17.1. The van der Waals surface area contributed by atoms with Crippen molar-refractivity contribution in [3.63, 3.8) is 0 Å². The minimum atomic E-state index is -0.370. The first-order valence-electron chi connectivity index (χ1n) is 9.39. The highest BCUT2D eigenvalue weighted by Gasteiger charge is 2.05. The van der Waals surface area contributed by atoms with Gasteiger partial charge in [0, 0.05) is 38.3 Å². The summed E-state index contributed by atoms with van der Waals surface area (Å²) in [5.74, 6) is 0. The first kappa shape index (κ1) is 24.9. The molecule has 2 N–H and O–H groups in total. The van der Waals surface area contributed by atoms with Crippen molar-refractivity contribution >= 4 is 46.7 Å². The van der Waals surface area contributed by atoms with Crippen LogP contribution < -0.4 is 15.8 Å². The molecule has 0 radical (unpaired) electrons. The van der Waals surface area contributed by atoms with Crippen LogP contribution in [0.4, 0.5) is 5.69 Å². The number of benzene rings is 1. The average molecular weight is 431 g/mol. The van der Waals surface area contributed by atoms with Gasteiger partial charge in [-0.05, 0) is 38.8 Å². The monoisotopic (exact) mass is 431 g/mol. The van der Waals surface area contributed by atoms with Crippen molar-refractivity contribution in [3.8, 4) is 0 Å². The molecule has 0 aromatic heterocycles. The van der Waals surface area contributed by atoms with E-state index in [1.54, 1.807) is 24.3 Å². The summed E-state index contributed by atoms with van der Waals surface area (Å²) in [6, 6.07) is 6.72. The topological polar surface area (TPSA) is 73.7 Å². The van der Waals surface area contributed by atoms with Gasteiger partial charge in [-0.2, -0.15) is 0 Å². The molecule has 0 aliphatic carbocycles. The number of nitrogens with zero attached hydrogens (tertiary/aromatic N) is 3. The van der Waals surface area contributed by atoms with E-state index in [1.807, 2.05) is 0 Å². The van der Waals surface area contributed by atoms with Crippen LogP contribution in [-0.4, -0.2) is 60.9 Å². The number of nitro benzene ring substituents is 1. The Hall–Kier alpha value is -0.185. The Labute approximate surface area is 171 Å². The summed E-state index contributed by atoms with van der Waals surface area (Å²) < 4.78 is 4.62. The Morgan fingerprint density at radius 2 is 1.44 bits per heavy atom. The smallest absolute Gasteiger partial charge is 0.269 e. The molecule has 3 unspecified atom stereocenters. The lowest BCUT2D eigenvalue weighted by atomic mass is 9.83. The predicted octanol–water partition coefficient (Wildman–Crippen LogP) is 1.29. The maximum atomic E-state index is 10.6. The van der Waals surface area contributed by atoms with Crippen LogP contribution in [-0.2, 0) is 0 Å². The number of non-ortho nitro benzene ring substituents is 1. The van der Waals surface area contributed by atoms with Crippen LogP contribution in [0.1, 0.15) is 25.7 Å². The molecule has 152 valence electrons. The van der Waals surface area contributed by atoms with Crippen LogP contribution in [0.3, 0.4) is 0 Å². The zero-order valence-electron chi connectivity index (χ0n) is 16.0. The lowest BCUT2D eigenvalue weighted by Gasteiger charge is -2.18. The molecule has 1 aromatic carbocycles. The molecule has 0 aliphatic heterocycles. The molecule has 0 fully saturated rings. The fraction of sp³-hybridized carbons (Fsp3) is 0.625. The first-order valence-corrected chi connectivity index (χ1v) is 11.0. The van der Waals surface area contributed by atoms with Crippen molar-refractivity contribution < 1.29 is 4.92 Å².